The maximum atomic E-state index is 6.05. The molecule has 0 saturated carbocycles. The lowest BCUT2D eigenvalue weighted by Crippen LogP contribution is -2.36. The van der Waals surface area contributed by atoms with Crippen LogP contribution in [0.25, 0.3) is 10.9 Å². The molecule has 0 radical (unpaired) electrons. The van der Waals surface area contributed by atoms with Gasteiger partial charge in [0, 0.05) is 47.6 Å². The summed E-state index contributed by atoms with van der Waals surface area (Å²) in [6.45, 7) is 7.59. The van der Waals surface area contributed by atoms with E-state index in [1.807, 2.05) is 13.1 Å². The Balaban J connectivity index is 1.64. The van der Waals surface area contributed by atoms with E-state index in [0.717, 1.165) is 37.6 Å². The first-order valence-electron chi connectivity index (χ1n) is 10.8. The van der Waals surface area contributed by atoms with Gasteiger partial charge in [0.15, 0.2) is 0 Å². The number of ether oxygens (including phenoxy) is 1. The van der Waals surface area contributed by atoms with Crippen molar-refractivity contribution in [2.45, 2.75) is 39.4 Å². The highest BCUT2D eigenvalue weighted by Gasteiger charge is 2.34. The van der Waals surface area contributed by atoms with Gasteiger partial charge >= 0.3 is 0 Å². The largest absolute Gasteiger partial charge is 0.494 e. The minimum Gasteiger partial charge on any atom is -0.494 e. The first-order chi connectivity index (χ1) is 14.8. The van der Waals surface area contributed by atoms with Crippen molar-refractivity contribution >= 4 is 10.9 Å². The number of aryl methyl sites for hydroxylation is 1. The minimum atomic E-state index is 0.103. The number of aromatic amines is 1. The Morgan fingerprint density at radius 2 is 1.93 bits per heavy atom. The molecule has 0 spiro atoms. The van der Waals surface area contributed by atoms with Gasteiger partial charge in [-0.3, -0.25) is 4.90 Å². The first-order valence-corrected chi connectivity index (χ1v) is 10.8. The standard InChI is InChI=1S/C25H28N4O/c1-3-28-16-14-26-23(28)17-29-15-13-19-18-9-5-7-11-21(18)27-24(19)25(29)20-10-6-8-12-22(20)30-4-2/h5-12,14,16,25,27H,3-4,13,15,17H2,1-2H3/t25-/m0/s1. The Morgan fingerprint density at radius 3 is 2.80 bits per heavy atom. The minimum absolute atomic E-state index is 0.103. The van der Waals surface area contributed by atoms with E-state index in [9.17, 15) is 0 Å². The molecule has 2 aromatic heterocycles. The van der Waals surface area contributed by atoms with Crippen molar-refractivity contribution in [2.24, 2.45) is 0 Å². The SMILES string of the molecule is CCOc1ccccc1[C@H]1c2[nH]c3ccccc3c2CCN1Cc1nccn1CC. The van der Waals surface area contributed by atoms with Gasteiger partial charge in [0.25, 0.3) is 0 Å². The highest BCUT2D eigenvalue weighted by atomic mass is 16.5. The lowest BCUT2D eigenvalue weighted by atomic mass is 9.91. The number of rotatable bonds is 6. The molecule has 0 unspecified atom stereocenters. The number of fused-ring (bicyclic) bond motifs is 3. The summed E-state index contributed by atoms with van der Waals surface area (Å²) in [5, 5.41) is 1.33. The predicted molar refractivity (Wildman–Crippen MR) is 120 cm³/mol. The van der Waals surface area contributed by atoms with Crippen LogP contribution in [-0.4, -0.2) is 32.6 Å². The summed E-state index contributed by atoms with van der Waals surface area (Å²) in [7, 11) is 0. The molecule has 0 saturated heterocycles. The number of hydrogen-bond donors (Lipinski definition) is 1. The van der Waals surface area contributed by atoms with Gasteiger partial charge in [-0.15, -0.1) is 0 Å². The van der Waals surface area contributed by atoms with Crippen LogP contribution in [0.1, 0.15) is 42.5 Å². The van der Waals surface area contributed by atoms with Crippen LogP contribution >= 0.6 is 0 Å². The normalized spacial score (nSPS) is 16.7. The molecule has 0 amide bonds. The lowest BCUT2D eigenvalue weighted by molar-refractivity contribution is 0.190. The predicted octanol–water partition coefficient (Wildman–Crippen LogP) is 4.93. The van der Waals surface area contributed by atoms with Gasteiger partial charge in [0.05, 0.1) is 19.2 Å². The summed E-state index contributed by atoms with van der Waals surface area (Å²) in [6, 6.07) is 17.2. The fourth-order valence-corrected chi connectivity index (χ4v) is 4.77. The Bertz CT molecular complexity index is 1160. The third-order valence-corrected chi connectivity index (χ3v) is 6.13. The second kappa shape index (κ2) is 8.00. The summed E-state index contributed by atoms with van der Waals surface area (Å²) >= 11 is 0. The van der Waals surface area contributed by atoms with Crippen LogP contribution in [-0.2, 0) is 19.5 Å². The number of nitrogens with zero attached hydrogens (tertiary/aromatic N) is 3. The molecule has 1 N–H and O–H groups in total. The molecule has 5 heteroatoms. The number of H-pyrrole nitrogens is 1. The van der Waals surface area contributed by atoms with Crippen LogP contribution in [0.5, 0.6) is 5.75 Å². The molecule has 4 aromatic rings. The van der Waals surface area contributed by atoms with E-state index in [2.05, 4.69) is 81.1 Å². The molecule has 5 rings (SSSR count). The average molecular weight is 401 g/mol. The van der Waals surface area contributed by atoms with Crippen molar-refractivity contribution < 1.29 is 4.74 Å². The fourth-order valence-electron chi connectivity index (χ4n) is 4.77. The first kappa shape index (κ1) is 18.9. The smallest absolute Gasteiger partial charge is 0.124 e. The van der Waals surface area contributed by atoms with Gasteiger partial charge in [-0.05, 0) is 38.0 Å². The van der Waals surface area contributed by atoms with E-state index in [1.165, 1.54) is 27.7 Å². The molecule has 0 aliphatic carbocycles. The van der Waals surface area contributed by atoms with Crippen molar-refractivity contribution in [2.75, 3.05) is 13.2 Å². The quantitative estimate of drug-likeness (QED) is 0.499. The van der Waals surface area contributed by atoms with E-state index >= 15 is 0 Å². The van der Waals surface area contributed by atoms with Crippen LogP contribution < -0.4 is 4.74 Å². The molecule has 3 heterocycles. The molecule has 5 nitrogen and oxygen atoms in total. The number of aromatic nitrogens is 3. The third-order valence-electron chi connectivity index (χ3n) is 6.13. The summed E-state index contributed by atoms with van der Waals surface area (Å²) in [4.78, 5) is 10.9. The molecular weight excluding hydrogens is 372 g/mol. The van der Waals surface area contributed by atoms with E-state index in [4.69, 9.17) is 4.74 Å². The Hall–Kier alpha value is -3.05. The summed E-state index contributed by atoms with van der Waals surface area (Å²) in [5.41, 5.74) is 5.13. The van der Waals surface area contributed by atoms with Crippen molar-refractivity contribution in [1.29, 1.82) is 0 Å². The highest BCUT2D eigenvalue weighted by molar-refractivity contribution is 5.85. The van der Waals surface area contributed by atoms with Crippen LogP contribution in [0.4, 0.5) is 0 Å². The highest BCUT2D eigenvalue weighted by Crippen LogP contribution is 2.41. The molecule has 30 heavy (non-hydrogen) atoms. The maximum absolute atomic E-state index is 6.05. The number of hydrogen-bond acceptors (Lipinski definition) is 3. The molecule has 2 aromatic carbocycles. The van der Waals surface area contributed by atoms with Gasteiger partial charge in [-0.25, -0.2) is 4.98 Å². The van der Waals surface area contributed by atoms with Gasteiger partial charge in [0.1, 0.15) is 11.6 Å². The van der Waals surface area contributed by atoms with Crippen molar-refractivity contribution in [3.8, 4) is 5.75 Å². The van der Waals surface area contributed by atoms with Gasteiger partial charge in [-0.2, -0.15) is 0 Å². The lowest BCUT2D eigenvalue weighted by Gasteiger charge is -2.36. The topological polar surface area (TPSA) is 46.1 Å². The summed E-state index contributed by atoms with van der Waals surface area (Å²) in [6.07, 6.45) is 5.00. The van der Waals surface area contributed by atoms with E-state index in [0.29, 0.717) is 6.61 Å². The third kappa shape index (κ3) is 3.19. The summed E-state index contributed by atoms with van der Waals surface area (Å²) < 4.78 is 8.27. The Labute approximate surface area is 177 Å². The molecule has 0 fully saturated rings. The zero-order valence-electron chi connectivity index (χ0n) is 17.6. The Kier molecular flexibility index (Phi) is 5.05. The monoisotopic (exact) mass is 400 g/mol. The maximum Gasteiger partial charge on any atom is 0.124 e. The number of nitrogens with one attached hydrogen (secondary N) is 1. The molecule has 1 aliphatic heterocycles. The zero-order valence-corrected chi connectivity index (χ0v) is 17.6. The second-order valence-electron chi connectivity index (χ2n) is 7.79. The van der Waals surface area contributed by atoms with Crippen molar-refractivity contribution in [3.05, 3.63) is 83.6 Å². The summed E-state index contributed by atoms with van der Waals surface area (Å²) in [5.74, 6) is 2.07. The van der Waals surface area contributed by atoms with Crippen LogP contribution in [0.3, 0.4) is 0 Å². The molecule has 1 atom stereocenters. The van der Waals surface area contributed by atoms with Gasteiger partial charge in [-0.1, -0.05) is 36.4 Å². The number of para-hydroxylation sites is 2. The zero-order chi connectivity index (χ0) is 20.5. The van der Waals surface area contributed by atoms with Gasteiger partial charge in [0.2, 0.25) is 0 Å². The van der Waals surface area contributed by atoms with Crippen molar-refractivity contribution in [1.82, 2.24) is 19.4 Å². The average Bonchev–Trinajstić information content (AvgIpc) is 3.38. The number of benzene rings is 2. The fraction of sp³-hybridized carbons (Fsp3) is 0.320. The molecular formula is C25H28N4O. The molecule has 1 aliphatic rings. The van der Waals surface area contributed by atoms with Crippen LogP contribution in [0, 0.1) is 0 Å². The Morgan fingerprint density at radius 1 is 1.10 bits per heavy atom. The van der Waals surface area contributed by atoms with E-state index in [-0.39, 0.29) is 6.04 Å². The van der Waals surface area contributed by atoms with E-state index in [1.54, 1.807) is 0 Å². The van der Waals surface area contributed by atoms with E-state index < -0.39 is 0 Å². The second-order valence-corrected chi connectivity index (χ2v) is 7.79. The van der Waals surface area contributed by atoms with Crippen LogP contribution in [0.2, 0.25) is 0 Å². The number of imidazole rings is 1. The van der Waals surface area contributed by atoms with Crippen LogP contribution in [0.15, 0.2) is 60.9 Å². The van der Waals surface area contributed by atoms with Crippen molar-refractivity contribution in [3.63, 3.8) is 0 Å². The van der Waals surface area contributed by atoms with Gasteiger partial charge < -0.3 is 14.3 Å². The molecule has 0 bridgehead atoms. The molecule has 154 valence electrons.